The lowest BCUT2D eigenvalue weighted by Crippen LogP contribution is -2.24. The van der Waals surface area contributed by atoms with Crippen molar-refractivity contribution in [1.29, 1.82) is 0 Å². The topological polar surface area (TPSA) is 42.2 Å². The minimum atomic E-state index is 0.523. The van der Waals surface area contributed by atoms with Crippen molar-refractivity contribution < 1.29 is 0 Å². The Hall–Kier alpha value is -1.21. The zero-order valence-electron chi connectivity index (χ0n) is 8.00. The van der Waals surface area contributed by atoms with Crippen LogP contribution in [0.4, 0.5) is 11.5 Å². The van der Waals surface area contributed by atoms with E-state index in [2.05, 4.69) is 26.8 Å². The molecule has 0 amide bonds. The normalized spacial score (nSPS) is 9.50. The van der Waals surface area contributed by atoms with E-state index in [1.165, 1.54) is 0 Å². The van der Waals surface area contributed by atoms with E-state index < -0.39 is 0 Å². The molecule has 1 rings (SSSR count). The van der Waals surface area contributed by atoms with Gasteiger partial charge in [0.15, 0.2) is 5.82 Å². The number of rotatable bonds is 3. The molecule has 0 fully saturated rings. The molecule has 14 heavy (non-hydrogen) atoms. The van der Waals surface area contributed by atoms with Crippen molar-refractivity contribution in [2.45, 2.75) is 6.92 Å². The second-order valence-corrected chi connectivity index (χ2v) is 3.70. The van der Waals surface area contributed by atoms with Crippen molar-refractivity contribution in [2.75, 3.05) is 23.7 Å². The lowest BCUT2D eigenvalue weighted by molar-refractivity contribution is 0.895. The molecule has 0 saturated heterocycles. The van der Waals surface area contributed by atoms with E-state index in [1.807, 2.05) is 17.9 Å². The zero-order valence-corrected chi connectivity index (χ0v) is 9.58. The molecular weight excluding hydrogens is 242 g/mol. The minimum Gasteiger partial charge on any atom is -0.396 e. The fraction of sp³-hybridized carbons (Fsp3) is 0.300. The fourth-order valence-corrected chi connectivity index (χ4v) is 1.51. The Labute approximate surface area is 92.4 Å². The number of halogens is 1. The second kappa shape index (κ2) is 4.87. The molecule has 0 aliphatic rings. The summed E-state index contributed by atoms with van der Waals surface area (Å²) >= 11 is 3.30. The molecular formula is C10H12BrN3. The summed E-state index contributed by atoms with van der Waals surface area (Å²) in [5.41, 5.74) is 6.46. The van der Waals surface area contributed by atoms with Crippen molar-refractivity contribution in [3.63, 3.8) is 0 Å². The molecule has 0 unspecified atom stereocenters. The summed E-state index contributed by atoms with van der Waals surface area (Å²) < 4.78 is 0.871. The lowest BCUT2D eigenvalue weighted by Gasteiger charge is -2.20. The molecule has 0 saturated carbocycles. The second-order valence-electron chi connectivity index (χ2n) is 2.78. The lowest BCUT2D eigenvalue weighted by atomic mass is 10.3. The highest BCUT2D eigenvalue weighted by Gasteiger charge is 2.08. The number of terminal acetylenes is 1. The first-order valence-corrected chi connectivity index (χ1v) is 5.07. The van der Waals surface area contributed by atoms with Crippen LogP contribution in [0.3, 0.4) is 0 Å². The monoisotopic (exact) mass is 253 g/mol. The Morgan fingerprint density at radius 3 is 2.93 bits per heavy atom. The number of pyridine rings is 1. The van der Waals surface area contributed by atoms with E-state index in [0.29, 0.717) is 12.2 Å². The molecule has 74 valence electrons. The number of aromatic nitrogens is 1. The molecule has 0 bridgehead atoms. The van der Waals surface area contributed by atoms with Crippen molar-refractivity contribution in [3.8, 4) is 12.3 Å². The number of nitrogens with zero attached hydrogens (tertiary/aromatic N) is 2. The van der Waals surface area contributed by atoms with Gasteiger partial charge in [0.25, 0.3) is 0 Å². The van der Waals surface area contributed by atoms with E-state index in [0.717, 1.165) is 16.8 Å². The maximum Gasteiger partial charge on any atom is 0.152 e. The quantitative estimate of drug-likeness (QED) is 0.837. The van der Waals surface area contributed by atoms with Crippen LogP contribution in [0.5, 0.6) is 0 Å². The number of anilines is 2. The summed E-state index contributed by atoms with van der Waals surface area (Å²) in [7, 11) is 0. The minimum absolute atomic E-state index is 0.523. The largest absolute Gasteiger partial charge is 0.396 e. The number of hydrogen-bond acceptors (Lipinski definition) is 3. The Morgan fingerprint density at radius 1 is 1.71 bits per heavy atom. The summed E-state index contributed by atoms with van der Waals surface area (Å²) in [6.07, 6.45) is 6.97. The Balaban J connectivity index is 2.99. The molecule has 1 aromatic rings. The van der Waals surface area contributed by atoms with Crippen LogP contribution < -0.4 is 10.6 Å². The Kier molecular flexibility index (Phi) is 3.78. The molecule has 2 N–H and O–H groups in total. The molecule has 0 aromatic carbocycles. The van der Waals surface area contributed by atoms with Gasteiger partial charge in [-0.2, -0.15) is 0 Å². The highest BCUT2D eigenvalue weighted by molar-refractivity contribution is 9.10. The zero-order chi connectivity index (χ0) is 10.6. The van der Waals surface area contributed by atoms with E-state index in [4.69, 9.17) is 12.2 Å². The van der Waals surface area contributed by atoms with Crippen LogP contribution in [-0.2, 0) is 0 Å². The van der Waals surface area contributed by atoms with Gasteiger partial charge >= 0.3 is 0 Å². The molecule has 0 spiro atoms. The third kappa shape index (κ3) is 2.39. The predicted molar refractivity (Wildman–Crippen MR) is 63.1 cm³/mol. The van der Waals surface area contributed by atoms with Gasteiger partial charge in [0.1, 0.15) is 0 Å². The van der Waals surface area contributed by atoms with Gasteiger partial charge in [0, 0.05) is 17.2 Å². The fourth-order valence-electron chi connectivity index (χ4n) is 1.16. The van der Waals surface area contributed by atoms with Crippen LogP contribution >= 0.6 is 15.9 Å². The third-order valence-electron chi connectivity index (χ3n) is 1.83. The SMILES string of the molecule is C#CCN(CC)c1ncc(Br)cc1N. The van der Waals surface area contributed by atoms with Crippen LogP contribution in [0.1, 0.15) is 6.92 Å². The first-order valence-electron chi connectivity index (χ1n) is 4.28. The average molecular weight is 254 g/mol. The van der Waals surface area contributed by atoms with Crippen molar-refractivity contribution in [2.24, 2.45) is 0 Å². The summed E-state index contributed by atoms with van der Waals surface area (Å²) in [4.78, 5) is 6.17. The van der Waals surface area contributed by atoms with E-state index in [1.54, 1.807) is 6.20 Å². The number of nitrogens with two attached hydrogens (primary N) is 1. The average Bonchev–Trinajstić information content (AvgIpc) is 2.15. The molecule has 0 aliphatic carbocycles. The van der Waals surface area contributed by atoms with Gasteiger partial charge in [0.2, 0.25) is 0 Å². The van der Waals surface area contributed by atoms with Crippen LogP contribution in [0.15, 0.2) is 16.7 Å². The van der Waals surface area contributed by atoms with Gasteiger partial charge in [-0.3, -0.25) is 0 Å². The molecule has 0 radical (unpaired) electrons. The number of hydrogen-bond donors (Lipinski definition) is 1. The van der Waals surface area contributed by atoms with E-state index in [-0.39, 0.29) is 0 Å². The summed E-state index contributed by atoms with van der Waals surface area (Å²) in [5, 5.41) is 0. The molecule has 1 heterocycles. The first kappa shape index (κ1) is 10.9. The highest BCUT2D eigenvalue weighted by atomic mass is 79.9. The summed E-state index contributed by atoms with van der Waals surface area (Å²) in [6.45, 7) is 3.33. The van der Waals surface area contributed by atoms with Crippen molar-refractivity contribution in [3.05, 3.63) is 16.7 Å². The first-order chi connectivity index (χ1) is 6.69. The van der Waals surface area contributed by atoms with Crippen molar-refractivity contribution in [1.82, 2.24) is 4.98 Å². The van der Waals surface area contributed by atoms with Gasteiger partial charge in [-0.15, -0.1) is 6.42 Å². The maximum absolute atomic E-state index is 5.83. The standard InChI is InChI=1S/C10H12BrN3/c1-3-5-14(4-2)10-9(12)6-8(11)7-13-10/h1,6-7H,4-5,12H2,2H3. The van der Waals surface area contributed by atoms with Crippen LogP contribution in [0, 0.1) is 12.3 Å². The Bertz CT molecular complexity index is 357. The van der Waals surface area contributed by atoms with Crippen LogP contribution in [0.2, 0.25) is 0 Å². The Morgan fingerprint density at radius 2 is 2.43 bits per heavy atom. The summed E-state index contributed by atoms with van der Waals surface area (Å²) in [6, 6.07) is 1.82. The third-order valence-corrected chi connectivity index (χ3v) is 2.26. The van der Waals surface area contributed by atoms with E-state index >= 15 is 0 Å². The predicted octanol–water partition coefficient (Wildman–Crippen LogP) is 1.89. The molecule has 1 aromatic heterocycles. The summed E-state index contributed by atoms with van der Waals surface area (Å²) in [5.74, 6) is 3.32. The van der Waals surface area contributed by atoms with Gasteiger partial charge in [0.05, 0.1) is 12.2 Å². The molecule has 4 heteroatoms. The van der Waals surface area contributed by atoms with Crippen LogP contribution in [0.25, 0.3) is 0 Å². The van der Waals surface area contributed by atoms with Crippen LogP contribution in [-0.4, -0.2) is 18.1 Å². The van der Waals surface area contributed by atoms with Gasteiger partial charge in [-0.25, -0.2) is 4.98 Å². The van der Waals surface area contributed by atoms with Gasteiger partial charge in [-0.1, -0.05) is 5.92 Å². The van der Waals surface area contributed by atoms with E-state index in [9.17, 15) is 0 Å². The molecule has 0 atom stereocenters. The highest BCUT2D eigenvalue weighted by Crippen LogP contribution is 2.22. The number of nitrogen functional groups attached to an aromatic ring is 1. The van der Waals surface area contributed by atoms with Crippen molar-refractivity contribution >= 4 is 27.4 Å². The smallest absolute Gasteiger partial charge is 0.152 e. The maximum atomic E-state index is 5.83. The molecule has 0 aliphatic heterocycles. The molecule has 3 nitrogen and oxygen atoms in total. The van der Waals surface area contributed by atoms with Gasteiger partial charge < -0.3 is 10.6 Å². The van der Waals surface area contributed by atoms with Gasteiger partial charge in [-0.05, 0) is 28.9 Å².